The lowest BCUT2D eigenvalue weighted by atomic mass is 9.87. The van der Waals surface area contributed by atoms with Crippen molar-refractivity contribution in [3.63, 3.8) is 0 Å². The van der Waals surface area contributed by atoms with Gasteiger partial charge in [0.2, 0.25) is 5.91 Å². The number of hydrogen-bond donors (Lipinski definition) is 0. The molecular formula is C30H30F7N5O2. The Hall–Kier alpha value is -3.52. The van der Waals surface area contributed by atoms with E-state index in [-0.39, 0.29) is 42.2 Å². The number of fused-ring (bicyclic) bond motifs is 1. The third-order valence-electron chi connectivity index (χ3n) is 9.14. The first-order valence-electron chi connectivity index (χ1n) is 14.4. The number of hydrogen-bond acceptors (Lipinski definition) is 5. The van der Waals surface area contributed by atoms with Crippen molar-refractivity contribution < 1.29 is 40.3 Å². The minimum Gasteiger partial charge on any atom is -0.368 e. The van der Waals surface area contributed by atoms with Gasteiger partial charge >= 0.3 is 12.4 Å². The van der Waals surface area contributed by atoms with Gasteiger partial charge in [0.05, 0.1) is 29.4 Å². The maximum atomic E-state index is 13.8. The lowest BCUT2D eigenvalue weighted by Crippen LogP contribution is -2.46. The van der Waals surface area contributed by atoms with Gasteiger partial charge in [-0.1, -0.05) is 12.1 Å². The lowest BCUT2D eigenvalue weighted by Gasteiger charge is -2.36. The molecule has 0 spiro atoms. The predicted octanol–water partition coefficient (Wildman–Crippen LogP) is 6.01. The third-order valence-corrected chi connectivity index (χ3v) is 9.14. The number of amides is 1. The lowest BCUT2D eigenvalue weighted by molar-refractivity contribution is -0.143. The summed E-state index contributed by atoms with van der Waals surface area (Å²) in [6.45, 7) is 2.88. The summed E-state index contributed by atoms with van der Waals surface area (Å²) in [5.41, 5.74) is -2.45. The van der Waals surface area contributed by atoms with Crippen molar-refractivity contribution in [2.45, 2.75) is 74.8 Å². The van der Waals surface area contributed by atoms with Crippen molar-refractivity contribution in [3.8, 4) is 0 Å². The fourth-order valence-corrected chi connectivity index (χ4v) is 6.93. The van der Waals surface area contributed by atoms with Crippen molar-refractivity contribution in [1.82, 2.24) is 24.6 Å². The Morgan fingerprint density at radius 1 is 0.909 bits per heavy atom. The Labute approximate surface area is 248 Å². The normalized spacial score (nSPS) is 25.9. The molecule has 14 heteroatoms. The third kappa shape index (κ3) is 5.93. The Morgan fingerprint density at radius 2 is 1.50 bits per heavy atom. The molecule has 7 nitrogen and oxygen atoms in total. The van der Waals surface area contributed by atoms with Crippen LogP contribution < -0.4 is 0 Å². The van der Waals surface area contributed by atoms with Gasteiger partial charge in [0.15, 0.2) is 0 Å². The summed E-state index contributed by atoms with van der Waals surface area (Å²) in [7, 11) is 0. The topological polar surface area (TPSA) is 63.5 Å². The Kier molecular flexibility index (Phi) is 7.93. The molecule has 3 aliphatic heterocycles. The molecule has 0 aliphatic carbocycles. The number of benzene rings is 2. The van der Waals surface area contributed by atoms with E-state index in [0.29, 0.717) is 37.2 Å². The van der Waals surface area contributed by atoms with Gasteiger partial charge in [-0.2, -0.15) is 26.3 Å². The van der Waals surface area contributed by atoms with Crippen LogP contribution in [-0.4, -0.2) is 68.3 Å². The maximum Gasteiger partial charge on any atom is 0.416 e. The quantitative estimate of drug-likeness (QED) is 0.315. The van der Waals surface area contributed by atoms with Crippen LogP contribution in [-0.2, 0) is 21.9 Å². The number of carbonyl (C=O) groups is 1. The number of piperidine rings is 1. The molecule has 5 atom stereocenters. The summed E-state index contributed by atoms with van der Waals surface area (Å²) in [4.78, 5) is 17.6. The highest BCUT2D eigenvalue weighted by molar-refractivity contribution is 5.85. The van der Waals surface area contributed by atoms with Crippen LogP contribution in [0.4, 0.5) is 30.7 Å². The van der Waals surface area contributed by atoms with Gasteiger partial charge in [-0.3, -0.25) is 9.69 Å². The van der Waals surface area contributed by atoms with E-state index in [1.54, 1.807) is 29.7 Å². The molecule has 3 fully saturated rings. The van der Waals surface area contributed by atoms with Crippen LogP contribution in [0.2, 0.25) is 0 Å². The molecule has 2 aromatic carbocycles. The summed E-state index contributed by atoms with van der Waals surface area (Å²) in [6.07, 6.45) is -6.44. The monoisotopic (exact) mass is 625 g/mol. The molecule has 44 heavy (non-hydrogen) atoms. The molecule has 0 saturated carbocycles. The number of nitrogens with zero attached hydrogens (tertiary/aromatic N) is 5. The van der Waals surface area contributed by atoms with Crippen LogP contribution in [0.3, 0.4) is 0 Å². The number of carbonyl (C=O) groups excluding carboxylic acids is 1. The zero-order valence-electron chi connectivity index (χ0n) is 23.6. The van der Waals surface area contributed by atoms with E-state index in [2.05, 4.69) is 15.1 Å². The molecular weight excluding hydrogens is 595 g/mol. The van der Waals surface area contributed by atoms with Gasteiger partial charge in [0, 0.05) is 37.6 Å². The minimum atomic E-state index is -4.99. The predicted molar refractivity (Wildman–Crippen MR) is 143 cm³/mol. The van der Waals surface area contributed by atoms with Gasteiger partial charge < -0.3 is 14.2 Å². The van der Waals surface area contributed by atoms with Gasteiger partial charge in [0.1, 0.15) is 18.5 Å². The number of ether oxygens (including phenoxy) is 1. The van der Waals surface area contributed by atoms with Crippen LogP contribution in [0.15, 0.2) is 55.1 Å². The number of aromatic nitrogens is 3. The first-order valence-corrected chi connectivity index (χ1v) is 14.4. The van der Waals surface area contributed by atoms with Crippen molar-refractivity contribution in [1.29, 1.82) is 0 Å². The Balaban J connectivity index is 1.23. The van der Waals surface area contributed by atoms with Crippen LogP contribution in [0.5, 0.6) is 0 Å². The van der Waals surface area contributed by atoms with E-state index in [1.807, 2.05) is 4.57 Å². The summed E-state index contributed by atoms with van der Waals surface area (Å²) in [5, 5.41) is 7.73. The maximum absolute atomic E-state index is 13.8. The highest BCUT2D eigenvalue weighted by Gasteiger charge is 2.54. The van der Waals surface area contributed by atoms with E-state index >= 15 is 0 Å². The van der Waals surface area contributed by atoms with Crippen molar-refractivity contribution >= 4 is 5.91 Å². The van der Waals surface area contributed by atoms with Crippen LogP contribution >= 0.6 is 0 Å². The average molecular weight is 626 g/mol. The van der Waals surface area contributed by atoms with Crippen LogP contribution in [0.25, 0.3) is 0 Å². The second kappa shape index (κ2) is 11.4. The van der Waals surface area contributed by atoms with Gasteiger partial charge in [-0.25, -0.2) is 4.39 Å². The fourth-order valence-electron chi connectivity index (χ4n) is 6.93. The van der Waals surface area contributed by atoms with Crippen molar-refractivity contribution in [2.75, 3.05) is 19.6 Å². The number of alkyl halides is 6. The molecule has 2 unspecified atom stereocenters. The smallest absolute Gasteiger partial charge is 0.368 e. The number of likely N-dealkylation sites (tertiary alicyclic amines) is 1. The van der Waals surface area contributed by atoms with Gasteiger partial charge in [-0.05, 0) is 67.6 Å². The molecule has 0 bridgehead atoms. The van der Waals surface area contributed by atoms with Gasteiger partial charge in [0.25, 0.3) is 0 Å². The molecule has 4 heterocycles. The molecule has 236 valence electrons. The summed E-state index contributed by atoms with van der Waals surface area (Å²) >= 11 is 0. The molecule has 1 aromatic heterocycles. The fraction of sp³-hybridized carbons (Fsp3) is 0.500. The highest BCUT2D eigenvalue weighted by Crippen LogP contribution is 2.45. The summed E-state index contributed by atoms with van der Waals surface area (Å²) in [6, 6.07) is 6.66. The zero-order valence-corrected chi connectivity index (χ0v) is 23.6. The number of rotatable bonds is 6. The van der Waals surface area contributed by atoms with Crippen molar-refractivity contribution in [2.24, 2.45) is 0 Å². The SMILES string of the molecule is C[C@@H](O[C@H]1CN2C(=O)C(N3CCC(n4cnnc4)CC3)CC2[C@@H]1c1ccc(F)cc1)c1cc(C(F)(F)F)cc(C(F)(F)F)c1. The molecule has 0 radical (unpaired) electrons. The molecule has 6 rings (SSSR count). The Morgan fingerprint density at radius 3 is 2.07 bits per heavy atom. The average Bonchev–Trinajstić information content (AvgIpc) is 3.70. The van der Waals surface area contributed by atoms with E-state index in [0.717, 1.165) is 12.8 Å². The molecule has 3 aliphatic rings. The first-order chi connectivity index (χ1) is 20.8. The number of halogens is 7. The second-order valence-electron chi connectivity index (χ2n) is 11.7. The molecule has 1 amide bonds. The van der Waals surface area contributed by atoms with E-state index in [1.165, 1.54) is 19.1 Å². The van der Waals surface area contributed by atoms with Gasteiger partial charge in [-0.15, -0.1) is 10.2 Å². The Bertz CT molecular complexity index is 1440. The summed E-state index contributed by atoms with van der Waals surface area (Å²) < 4.78 is 103. The molecule has 3 saturated heterocycles. The van der Waals surface area contributed by atoms with Crippen LogP contribution in [0, 0.1) is 5.82 Å². The highest BCUT2D eigenvalue weighted by atomic mass is 19.4. The molecule has 3 aromatic rings. The largest absolute Gasteiger partial charge is 0.416 e. The second-order valence-corrected chi connectivity index (χ2v) is 11.7. The van der Waals surface area contributed by atoms with E-state index < -0.39 is 47.4 Å². The standard InChI is InChI=1S/C30H30F7N5O2/c1-17(19-10-20(29(32,33)34)12-21(11-19)30(35,36)37)44-26-14-42-24(27(26)18-2-4-22(31)5-3-18)13-25(28(42)43)40-8-6-23(7-9-40)41-15-38-39-16-41/h2-5,10-12,15-17,23-27H,6-9,13-14H2,1H3/t17-,24?,25?,26+,27+/m1/s1. The van der Waals surface area contributed by atoms with Crippen LogP contribution in [0.1, 0.15) is 66.5 Å². The zero-order chi connectivity index (χ0) is 31.4. The van der Waals surface area contributed by atoms with E-state index in [9.17, 15) is 35.5 Å². The van der Waals surface area contributed by atoms with E-state index in [4.69, 9.17) is 4.74 Å². The minimum absolute atomic E-state index is 0.0805. The summed E-state index contributed by atoms with van der Waals surface area (Å²) in [5.74, 6) is -1.02. The molecule has 0 N–H and O–H groups in total. The first kappa shape index (κ1) is 30.5. The van der Waals surface area contributed by atoms with Crippen molar-refractivity contribution in [3.05, 3.63) is 83.2 Å².